The molecule has 1 aromatic carbocycles. The van der Waals surface area contributed by atoms with Crippen molar-refractivity contribution in [3.8, 4) is 11.5 Å². The Morgan fingerprint density at radius 1 is 1.06 bits per heavy atom. The highest BCUT2D eigenvalue weighted by Crippen LogP contribution is 2.34. The van der Waals surface area contributed by atoms with Gasteiger partial charge in [0.25, 0.3) is 17.1 Å². The van der Waals surface area contributed by atoms with Gasteiger partial charge in [-0.15, -0.1) is 0 Å². The molecule has 1 aromatic rings. The number of carbonyl (C=O) groups excluding carboxylic acids is 4. The number of carbonyl (C=O) groups is 4. The van der Waals surface area contributed by atoms with Crippen LogP contribution in [0.5, 0.6) is 11.5 Å². The topological polar surface area (TPSA) is 102 Å². The molecule has 3 amide bonds. The van der Waals surface area contributed by atoms with E-state index >= 15 is 0 Å². The molecule has 172 valence electrons. The van der Waals surface area contributed by atoms with E-state index in [1.165, 1.54) is 0 Å². The number of likely N-dealkylation sites (tertiary alicyclic amines) is 1. The molecular weight excluding hydrogens is 436 g/mol. The molecule has 0 spiro atoms. The molecule has 0 atom stereocenters. The predicted octanol–water partition coefficient (Wildman–Crippen LogP) is 2.69. The van der Waals surface area contributed by atoms with E-state index in [2.05, 4.69) is 0 Å². The minimum atomic E-state index is -0.639. The monoisotopic (exact) mass is 462 g/mol. The second-order valence-electron chi connectivity index (χ2n) is 7.09. The van der Waals surface area contributed by atoms with Crippen molar-refractivity contribution < 1.29 is 33.4 Å². The third kappa shape index (κ3) is 5.82. The van der Waals surface area contributed by atoms with Crippen molar-refractivity contribution in [3.05, 3.63) is 28.7 Å². The number of imide groups is 1. The van der Waals surface area contributed by atoms with Crippen LogP contribution in [-0.4, -0.2) is 72.3 Å². The Bertz CT molecular complexity index is 925. The number of nitrogens with zero attached hydrogens (tertiary/aromatic N) is 2. The first-order valence-electron chi connectivity index (χ1n) is 10.5. The van der Waals surface area contributed by atoms with Crippen LogP contribution in [0.2, 0.25) is 0 Å². The number of rotatable bonds is 9. The van der Waals surface area contributed by atoms with Gasteiger partial charge in [0, 0.05) is 13.1 Å². The zero-order chi connectivity index (χ0) is 23.1. The van der Waals surface area contributed by atoms with Crippen molar-refractivity contribution >= 4 is 40.9 Å². The molecule has 0 N–H and O–H groups in total. The number of esters is 1. The van der Waals surface area contributed by atoms with Crippen LogP contribution in [0, 0.1) is 0 Å². The third-order valence-corrected chi connectivity index (χ3v) is 5.75. The van der Waals surface area contributed by atoms with E-state index in [0.717, 1.165) is 42.6 Å². The van der Waals surface area contributed by atoms with Crippen LogP contribution >= 0.6 is 11.8 Å². The second kappa shape index (κ2) is 11.0. The number of hydrogen-bond acceptors (Lipinski definition) is 8. The van der Waals surface area contributed by atoms with Crippen molar-refractivity contribution in [1.82, 2.24) is 9.80 Å². The van der Waals surface area contributed by atoms with E-state index in [4.69, 9.17) is 14.2 Å². The van der Waals surface area contributed by atoms with Crippen molar-refractivity contribution in [3.63, 3.8) is 0 Å². The quantitative estimate of drug-likeness (QED) is 0.408. The zero-order valence-electron chi connectivity index (χ0n) is 18.1. The normalized spacial score (nSPS) is 17.2. The minimum absolute atomic E-state index is 0.0655. The zero-order valence-corrected chi connectivity index (χ0v) is 18.9. The van der Waals surface area contributed by atoms with Gasteiger partial charge in [0.1, 0.15) is 6.54 Å². The van der Waals surface area contributed by atoms with E-state index in [0.29, 0.717) is 23.7 Å². The fraction of sp³-hybridized carbons (Fsp3) is 0.455. The third-order valence-electron chi connectivity index (χ3n) is 4.84. The summed E-state index contributed by atoms with van der Waals surface area (Å²) in [4.78, 5) is 51.4. The number of thioether (sulfide) groups is 1. The summed E-state index contributed by atoms with van der Waals surface area (Å²) in [6.45, 7) is 5.04. The Morgan fingerprint density at radius 2 is 1.81 bits per heavy atom. The lowest BCUT2D eigenvalue weighted by Gasteiger charge is -2.17. The van der Waals surface area contributed by atoms with Gasteiger partial charge in [-0.05, 0) is 62.2 Å². The van der Waals surface area contributed by atoms with Gasteiger partial charge < -0.3 is 19.1 Å². The van der Waals surface area contributed by atoms with Gasteiger partial charge >= 0.3 is 5.97 Å². The summed E-state index contributed by atoms with van der Waals surface area (Å²) in [5.74, 6) is -0.403. The van der Waals surface area contributed by atoms with Crippen LogP contribution in [0.25, 0.3) is 6.08 Å². The first kappa shape index (κ1) is 23.6. The number of ether oxygens (including phenoxy) is 3. The lowest BCUT2D eigenvalue weighted by atomic mass is 10.2. The molecule has 0 aromatic heterocycles. The Hall–Kier alpha value is -3.01. The summed E-state index contributed by atoms with van der Waals surface area (Å²) in [7, 11) is 0. The maximum absolute atomic E-state index is 12.6. The fourth-order valence-corrected chi connectivity index (χ4v) is 4.16. The van der Waals surface area contributed by atoms with Gasteiger partial charge in [-0.1, -0.05) is 6.07 Å². The second-order valence-corrected chi connectivity index (χ2v) is 8.08. The SMILES string of the molecule is CCOC(=O)CN1C(=O)S/C(=C\c2ccc(OCC(=O)N3CCCC3)c(OCC)c2)C1=O. The van der Waals surface area contributed by atoms with E-state index < -0.39 is 23.7 Å². The summed E-state index contributed by atoms with van der Waals surface area (Å²) < 4.78 is 16.1. The van der Waals surface area contributed by atoms with Crippen LogP contribution in [0.4, 0.5) is 4.79 Å². The van der Waals surface area contributed by atoms with Crippen molar-refractivity contribution in [2.24, 2.45) is 0 Å². The molecule has 2 heterocycles. The molecule has 2 saturated heterocycles. The van der Waals surface area contributed by atoms with Crippen LogP contribution in [-0.2, 0) is 19.1 Å². The molecule has 0 radical (unpaired) electrons. The highest BCUT2D eigenvalue weighted by Gasteiger charge is 2.36. The molecule has 32 heavy (non-hydrogen) atoms. The van der Waals surface area contributed by atoms with Crippen molar-refractivity contribution in [1.29, 1.82) is 0 Å². The van der Waals surface area contributed by atoms with Gasteiger partial charge in [0.15, 0.2) is 18.1 Å². The fourth-order valence-electron chi connectivity index (χ4n) is 3.32. The van der Waals surface area contributed by atoms with Crippen LogP contribution in [0.3, 0.4) is 0 Å². The molecule has 2 aliphatic rings. The minimum Gasteiger partial charge on any atom is -0.490 e. The molecule has 9 nitrogen and oxygen atoms in total. The highest BCUT2D eigenvalue weighted by molar-refractivity contribution is 8.18. The van der Waals surface area contributed by atoms with Crippen molar-refractivity contribution in [2.45, 2.75) is 26.7 Å². The molecule has 0 unspecified atom stereocenters. The summed E-state index contributed by atoms with van der Waals surface area (Å²) in [6.07, 6.45) is 3.57. The molecule has 0 saturated carbocycles. The molecule has 2 aliphatic heterocycles. The van der Waals surface area contributed by atoms with Gasteiger partial charge in [-0.2, -0.15) is 0 Å². The van der Waals surface area contributed by atoms with E-state index in [-0.39, 0.29) is 24.0 Å². The predicted molar refractivity (Wildman–Crippen MR) is 118 cm³/mol. The Kier molecular flexibility index (Phi) is 8.15. The van der Waals surface area contributed by atoms with E-state index in [1.807, 2.05) is 6.92 Å². The summed E-state index contributed by atoms with van der Waals surface area (Å²) in [6, 6.07) is 5.05. The summed E-state index contributed by atoms with van der Waals surface area (Å²) in [5.41, 5.74) is 0.619. The molecule has 10 heteroatoms. The van der Waals surface area contributed by atoms with Crippen LogP contribution in [0.15, 0.2) is 23.1 Å². The maximum atomic E-state index is 12.6. The average Bonchev–Trinajstić information content (AvgIpc) is 3.39. The Labute approximate surface area is 190 Å². The Balaban J connectivity index is 1.71. The van der Waals surface area contributed by atoms with Gasteiger partial charge in [-0.25, -0.2) is 0 Å². The number of amides is 3. The van der Waals surface area contributed by atoms with Gasteiger partial charge in [-0.3, -0.25) is 24.1 Å². The molecule has 3 rings (SSSR count). The average molecular weight is 463 g/mol. The lowest BCUT2D eigenvalue weighted by molar-refractivity contribution is -0.146. The van der Waals surface area contributed by atoms with Gasteiger partial charge in [0.2, 0.25) is 0 Å². The molecule has 0 bridgehead atoms. The standard InChI is InChI=1S/C22H26N2O7S/c1-3-29-17-11-15(7-8-16(17)31-14-19(25)23-9-5-6-10-23)12-18-21(27)24(22(28)32-18)13-20(26)30-4-2/h7-8,11-12H,3-6,9-10,13-14H2,1-2H3/b18-12-. The summed E-state index contributed by atoms with van der Waals surface area (Å²) >= 11 is 0.757. The molecule has 0 aliphatic carbocycles. The lowest BCUT2D eigenvalue weighted by Crippen LogP contribution is -2.34. The largest absolute Gasteiger partial charge is 0.490 e. The van der Waals surface area contributed by atoms with E-state index in [9.17, 15) is 19.2 Å². The molecular formula is C22H26N2O7S. The van der Waals surface area contributed by atoms with Crippen LogP contribution in [0.1, 0.15) is 32.3 Å². The van der Waals surface area contributed by atoms with Crippen molar-refractivity contribution in [2.75, 3.05) is 39.5 Å². The first-order valence-corrected chi connectivity index (χ1v) is 11.3. The van der Waals surface area contributed by atoms with E-state index in [1.54, 1.807) is 36.1 Å². The number of hydrogen-bond donors (Lipinski definition) is 0. The smallest absolute Gasteiger partial charge is 0.326 e. The summed E-state index contributed by atoms with van der Waals surface area (Å²) in [5, 5.41) is -0.528. The molecule has 2 fully saturated rings. The highest BCUT2D eigenvalue weighted by atomic mass is 32.2. The Morgan fingerprint density at radius 3 is 2.50 bits per heavy atom. The first-order chi connectivity index (χ1) is 15.4. The van der Waals surface area contributed by atoms with Crippen LogP contribution < -0.4 is 9.47 Å². The number of benzene rings is 1. The van der Waals surface area contributed by atoms with Gasteiger partial charge in [0.05, 0.1) is 18.1 Å². The maximum Gasteiger partial charge on any atom is 0.326 e.